The number of nitrogens with zero attached hydrogens (tertiary/aromatic N) is 1. The van der Waals surface area contributed by atoms with Gasteiger partial charge < -0.3 is 15.8 Å². The van der Waals surface area contributed by atoms with Crippen LogP contribution in [0.15, 0.2) is 18.2 Å². The van der Waals surface area contributed by atoms with Gasteiger partial charge in [-0.3, -0.25) is 4.79 Å². The Hall–Kier alpha value is -1.66. The molecule has 0 aliphatic heterocycles. The predicted molar refractivity (Wildman–Crippen MR) is 77.6 cm³/mol. The maximum atomic E-state index is 11.9. The number of nitrogens with one attached hydrogen (secondary N) is 1. The normalized spacial score (nSPS) is 12.7. The summed E-state index contributed by atoms with van der Waals surface area (Å²) in [5.41, 5.74) is 6.60. The van der Waals surface area contributed by atoms with Gasteiger partial charge in [0.1, 0.15) is 5.75 Å². The largest absolute Gasteiger partial charge is 0.497 e. The van der Waals surface area contributed by atoms with Gasteiger partial charge in [0.25, 0.3) is 0 Å². The van der Waals surface area contributed by atoms with E-state index in [9.17, 15) is 4.79 Å². The first-order valence-electron chi connectivity index (χ1n) is 6.02. The highest BCUT2D eigenvalue weighted by atomic mass is 32.1. The van der Waals surface area contributed by atoms with Gasteiger partial charge in [-0.15, -0.1) is 0 Å². The molecule has 1 unspecified atom stereocenters. The van der Waals surface area contributed by atoms with Gasteiger partial charge >= 0.3 is 0 Å². The highest BCUT2D eigenvalue weighted by molar-refractivity contribution is 7.22. The molecule has 0 bridgehead atoms. The van der Waals surface area contributed by atoms with Gasteiger partial charge in [-0.2, -0.15) is 0 Å². The zero-order valence-corrected chi connectivity index (χ0v) is 12.0. The van der Waals surface area contributed by atoms with Gasteiger partial charge in [-0.1, -0.05) is 25.2 Å². The fraction of sp³-hybridized carbons (Fsp3) is 0.385. The lowest BCUT2D eigenvalue weighted by molar-refractivity contribution is -0.118. The molecule has 1 amide bonds. The maximum absolute atomic E-state index is 11.9. The summed E-state index contributed by atoms with van der Waals surface area (Å²) in [6.45, 7) is 3.82. The minimum absolute atomic E-state index is 0.0921. The number of methoxy groups -OCH3 is 1. The smallest absolute Gasteiger partial charge is 0.243 e. The van der Waals surface area contributed by atoms with Crippen LogP contribution in [0.25, 0.3) is 10.2 Å². The molecular formula is C13H17N3O2S. The second-order valence-electron chi connectivity index (χ2n) is 4.61. The Balaban J connectivity index is 2.20. The van der Waals surface area contributed by atoms with Gasteiger partial charge in [0.15, 0.2) is 5.13 Å². The van der Waals surface area contributed by atoms with E-state index in [-0.39, 0.29) is 11.8 Å². The zero-order chi connectivity index (χ0) is 14.0. The van der Waals surface area contributed by atoms with Crippen molar-refractivity contribution in [2.75, 3.05) is 12.4 Å². The number of thiazole rings is 1. The van der Waals surface area contributed by atoms with Crippen molar-refractivity contribution >= 4 is 32.6 Å². The summed E-state index contributed by atoms with van der Waals surface area (Å²) in [5, 5.41) is 3.31. The molecule has 102 valence electrons. The molecule has 1 atom stereocenters. The lowest BCUT2D eigenvalue weighted by atomic mass is 10.1. The second-order valence-corrected chi connectivity index (χ2v) is 5.64. The third kappa shape index (κ3) is 3.02. The third-order valence-electron chi connectivity index (χ3n) is 2.85. The molecule has 0 radical (unpaired) electrons. The van der Waals surface area contributed by atoms with Crippen LogP contribution in [0.5, 0.6) is 5.75 Å². The van der Waals surface area contributed by atoms with E-state index in [1.54, 1.807) is 7.11 Å². The van der Waals surface area contributed by atoms with Crippen molar-refractivity contribution < 1.29 is 9.53 Å². The van der Waals surface area contributed by atoms with Crippen LogP contribution in [0.3, 0.4) is 0 Å². The topological polar surface area (TPSA) is 77.2 Å². The number of nitrogens with two attached hydrogens (primary N) is 1. The highest BCUT2D eigenvalue weighted by Crippen LogP contribution is 2.28. The molecule has 2 rings (SSSR count). The van der Waals surface area contributed by atoms with Gasteiger partial charge in [-0.05, 0) is 18.1 Å². The van der Waals surface area contributed by atoms with Crippen LogP contribution >= 0.6 is 11.3 Å². The first-order chi connectivity index (χ1) is 9.01. The molecule has 3 N–H and O–H groups in total. The van der Waals surface area contributed by atoms with Crippen molar-refractivity contribution in [2.45, 2.75) is 19.9 Å². The molecule has 0 aliphatic carbocycles. The summed E-state index contributed by atoms with van der Waals surface area (Å²) in [6.07, 6.45) is 0. The highest BCUT2D eigenvalue weighted by Gasteiger charge is 2.18. The molecule has 0 spiro atoms. The molecule has 0 saturated heterocycles. The van der Waals surface area contributed by atoms with E-state index in [0.717, 1.165) is 16.0 Å². The number of ether oxygens (including phenoxy) is 1. The number of aromatic nitrogens is 1. The summed E-state index contributed by atoms with van der Waals surface area (Å²) in [7, 11) is 1.61. The SMILES string of the molecule is COc1ccc2sc(NC(=O)C(N)C(C)C)nc2c1. The van der Waals surface area contributed by atoms with Crippen molar-refractivity contribution in [2.24, 2.45) is 11.7 Å². The van der Waals surface area contributed by atoms with E-state index in [2.05, 4.69) is 10.3 Å². The summed E-state index contributed by atoms with van der Waals surface area (Å²) >= 11 is 1.42. The summed E-state index contributed by atoms with van der Waals surface area (Å²) in [4.78, 5) is 16.2. The number of hydrogen-bond donors (Lipinski definition) is 2. The van der Waals surface area contributed by atoms with Crippen molar-refractivity contribution in [1.82, 2.24) is 4.98 Å². The van der Waals surface area contributed by atoms with Gasteiger partial charge in [0.05, 0.1) is 23.4 Å². The predicted octanol–water partition coefficient (Wildman–Crippen LogP) is 2.23. The number of rotatable bonds is 4. The number of carbonyl (C=O) groups excluding carboxylic acids is 1. The Morgan fingerprint density at radius 1 is 1.47 bits per heavy atom. The monoisotopic (exact) mass is 279 g/mol. The van der Waals surface area contributed by atoms with Crippen LogP contribution in [0, 0.1) is 5.92 Å². The van der Waals surface area contributed by atoms with Crippen LogP contribution in [-0.4, -0.2) is 24.0 Å². The third-order valence-corrected chi connectivity index (χ3v) is 3.80. The van der Waals surface area contributed by atoms with Crippen molar-refractivity contribution in [1.29, 1.82) is 0 Å². The first-order valence-corrected chi connectivity index (χ1v) is 6.84. The number of hydrogen-bond acceptors (Lipinski definition) is 5. The molecule has 0 aliphatic rings. The Morgan fingerprint density at radius 2 is 2.21 bits per heavy atom. The van der Waals surface area contributed by atoms with Crippen molar-refractivity contribution in [3.05, 3.63) is 18.2 Å². The molecule has 1 aromatic heterocycles. The van der Waals surface area contributed by atoms with Crippen LogP contribution in [0.4, 0.5) is 5.13 Å². The molecule has 19 heavy (non-hydrogen) atoms. The van der Waals surface area contributed by atoms with Crippen molar-refractivity contribution in [3.63, 3.8) is 0 Å². The average Bonchev–Trinajstić information content (AvgIpc) is 2.78. The van der Waals surface area contributed by atoms with E-state index in [0.29, 0.717) is 5.13 Å². The molecule has 5 nitrogen and oxygen atoms in total. The van der Waals surface area contributed by atoms with E-state index >= 15 is 0 Å². The van der Waals surface area contributed by atoms with Crippen LogP contribution in [-0.2, 0) is 4.79 Å². The Labute approximate surface area is 115 Å². The minimum Gasteiger partial charge on any atom is -0.497 e. The number of anilines is 1. The molecule has 2 aromatic rings. The molecule has 6 heteroatoms. The quantitative estimate of drug-likeness (QED) is 0.899. The molecule has 1 heterocycles. The van der Waals surface area contributed by atoms with Crippen LogP contribution in [0.2, 0.25) is 0 Å². The molecule has 1 aromatic carbocycles. The summed E-state index contributed by atoms with van der Waals surface area (Å²) in [5.74, 6) is 0.630. The summed E-state index contributed by atoms with van der Waals surface area (Å²) in [6, 6.07) is 5.10. The Morgan fingerprint density at radius 3 is 2.84 bits per heavy atom. The second kappa shape index (κ2) is 5.54. The zero-order valence-electron chi connectivity index (χ0n) is 11.1. The average molecular weight is 279 g/mol. The fourth-order valence-corrected chi connectivity index (χ4v) is 2.43. The maximum Gasteiger partial charge on any atom is 0.243 e. The lowest BCUT2D eigenvalue weighted by Crippen LogP contribution is -2.39. The molecule has 0 fully saturated rings. The van der Waals surface area contributed by atoms with E-state index in [1.807, 2.05) is 32.0 Å². The first kappa shape index (κ1) is 13.8. The van der Waals surface area contributed by atoms with Crippen LogP contribution in [0.1, 0.15) is 13.8 Å². The molecular weight excluding hydrogens is 262 g/mol. The van der Waals surface area contributed by atoms with Gasteiger partial charge in [-0.25, -0.2) is 4.98 Å². The van der Waals surface area contributed by atoms with Gasteiger partial charge in [0.2, 0.25) is 5.91 Å². The number of benzene rings is 1. The van der Waals surface area contributed by atoms with E-state index < -0.39 is 6.04 Å². The van der Waals surface area contributed by atoms with E-state index in [1.165, 1.54) is 11.3 Å². The minimum atomic E-state index is -0.526. The van der Waals surface area contributed by atoms with Crippen LogP contribution < -0.4 is 15.8 Å². The van der Waals surface area contributed by atoms with E-state index in [4.69, 9.17) is 10.5 Å². The van der Waals surface area contributed by atoms with Gasteiger partial charge in [0, 0.05) is 6.07 Å². The fourth-order valence-electron chi connectivity index (χ4n) is 1.58. The summed E-state index contributed by atoms with van der Waals surface area (Å²) < 4.78 is 6.13. The Kier molecular flexibility index (Phi) is 4.01. The molecule has 0 saturated carbocycles. The standard InChI is InChI=1S/C13H17N3O2S/c1-7(2)11(14)12(17)16-13-15-9-6-8(18-3)4-5-10(9)19-13/h4-7,11H,14H2,1-3H3,(H,15,16,17). The Bertz CT molecular complexity index is 595. The lowest BCUT2D eigenvalue weighted by Gasteiger charge is -2.13. The number of carbonyl (C=O) groups is 1. The number of amides is 1. The number of fused-ring (bicyclic) bond motifs is 1. The van der Waals surface area contributed by atoms with Crippen molar-refractivity contribution in [3.8, 4) is 5.75 Å².